The summed E-state index contributed by atoms with van der Waals surface area (Å²) in [7, 11) is 1.72. The highest BCUT2D eigenvalue weighted by Crippen LogP contribution is 2.27. The molecule has 4 heteroatoms. The summed E-state index contributed by atoms with van der Waals surface area (Å²) in [5.41, 5.74) is 2.29. The maximum absolute atomic E-state index is 10.8. The van der Waals surface area contributed by atoms with E-state index in [2.05, 4.69) is 43.0 Å². The minimum absolute atomic E-state index is 0.747. The second-order valence-electron chi connectivity index (χ2n) is 6.70. The molecule has 0 atom stereocenters. The number of carbonyl (C=O) groups is 1. The Labute approximate surface area is 173 Å². The average Bonchev–Trinajstić information content (AvgIpc) is 3.19. The Bertz CT molecular complexity index is 784. The van der Waals surface area contributed by atoms with Gasteiger partial charge in [-0.25, -0.2) is 0 Å². The van der Waals surface area contributed by atoms with Crippen LogP contribution in [0.4, 0.5) is 5.69 Å². The molecule has 0 aliphatic carbocycles. The standard InChI is InChI=1S/C24H31NO2S/c1-4-6-16-25(17-7-5-2)21-13-12-20(24(18-21)27-3)10-8-9-11-22-14-15-23(19-26)28-22/h8-15,18-19H,4-7,16-17H2,1-3H3. The van der Waals surface area contributed by atoms with Gasteiger partial charge in [-0.3, -0.25) is 4.79 Å². The van der Waals surface area contributed by atoms with Crippen LogP contribution in [0.1, 0.15) is 59.6 Å². The second kappa shape index (κ2) is 12.2. The van der Waals surface area contributed by atoms with Crippen molar-refractivity contribution in [2.45, 2.75) is 39.5 Å². The summed E-state index contributed by atoms with van der Waals surface area (Å²) >= 11 is 1.49. The third-order valence-electron chi connectivity index (χ3n) is 4.56. The van der Waals surface area contributed by atoms with Gasteiger partial charge in [0.25, 0.3) is 0 Å². The first kappa shape index (κ1) is 22.0. The van der Waals surface area contributed by atoms with Gasteiger partial charge in [-0.05, 0) is 43.2 Å². The molecule has 150 valence electrons. The highest BCUT2D eigenvalue weighted by molar-refractivity contribution is 7.14. The molecule has 0 aliphatic rings. The topological polar surface area (TPSA) is 29.5 Å². The average molecular weight is 398 g/mol. The number of rotatable bonds is 12. The smallest absolute Gasteiger partial charge is 0.160 e. The quantitative estimate of drug-likeness (QED) is 0.295. The van der Waals surface area contributed by atoms with Crippen LogP contribution in [-0.4, -0.2) is 26.5 Å². The zero-order chi connectivity index (χ0) is 20.2. The summed E-state index contributed by atoms with van der Waals surface area (Å²) in [5.74, 6) is 0.888. The predicted molar refractivity (Wildman–Crippen MR) is 123 cm³/mol. The van der Waals surface area contributed by atoms with Crippen LogP contribution in [0.2, 0.25) is 0 Å². The normalized spacial score (nSPS) is 11.4. The molecule has 0 aliphatic heterocycles. The number of methoxy groups -OCH3 is 1. The lowest BCUT2D eigenvalue weighted by Gasteiger charge is -2.25. The number of ether oxygens (including phenoxy) is 1. The Morgan fingerprint density at radius 1 is 0.964 bits per heavy atom. The molecule has 2 rings (SSSR count). The highest BCUT2D eigenvalue weighted by Gasteiger charge is 2.09. The number of carbonyl (C=O) groups excluding carboxylic acids is 1. The van der Waals surface area contributed by atoms with E-state index in [0.29, 0.717) is 0 Å². The van der Waals surface area contributed by atoms with Crippen LogP contribution < -0.4 is 9.64 Å². The molecule has 28 heavy (non-hydrogen) atoms. The first-order valence-electron chi connectivity index (χ1n) is 10.0. The summed E-state index contributed by atoms with van der Waals surface area (Å²) in [6.45, 7) is 6.63. The minimum atomic E-state index is 0.747. The summed E-state index contributed by atoms with van der Waals surface area (Å²) < 4.78 is 5.64. The Morgan fingerprint density at radius 2 is 1.64 bits per heavy atom. The number of hydrogen-bond acceptors (Lipinski definition) is 4. The number of allylic oxidation sites excluding steroid dienone is 2. The zero-order valence-electron chi connectivity index (χ0n) is 17.2. The third kappa shape index (κ3) is 6.68. The maximum atomic E-state index is 10.8. The number of unbranched alkanes of at least 4 members (excludes halogenated alkanes) is 2. The molecule has 3 nitrogen and oxygen atoms in total. The van der Waals surface area contributed by atoms with Gasteiger partial charge in [-0.1, -0.05) is 44.9 Å². The van der Waals surface area contributed by atoms with Crippen LogP contribution in [0.5, 0.6) is 5.75 Å². The van der Waals surface area contributed by atoms with Gasteiger partial charge in [-0.2, -0.15) is 0 Å². The first-order valence-corrected chi connectivity index (χ1v) is 10.9. The fourth-order valence-electron chi connectivity index (χ4n) is 2.93. The molecule has 0 saturated carbocycles. The monoisotopic (exact) mass is 397 g/mol. The van der Waals surface area contributed by atoms with E-state index in [0.717, 1.165) is 40.4 Å². The van der Waals surface area contributed by atoms with Crippen molar-refractivity contribution in [1.29, 1.82) is 0 Å². The van der Waals surface area contributed by atoms with Crippen molar-refractivity contribution in [3.05, 3.63) is 57.8 Å². The van der Waals surface area contributed by atoms with Gasteiger partial charge >= 0.3 is 0 Å². The Balaban J connectivity index is 2.10. The van der Waals surface area contributed by atoms with E-state index in [9.17, 15) is 4.79 Å². The van der Waals surface area contributed by atoms with Gasteiger partial charge in [0.05, 0.1) is 12.0 Å². The van der Waals surface area contributed by atoms with Crippen LogP contribution in [0.3, 0.4) is 0 Å². The Hall–Kier alpha value is -2.33. The van der Waals surface area contributed by atoms with Crippen molar-refractivity contribution in [2.24, 2.45) is 0 Å². The number of nitrogens with zero attached hydrogens (tertiary/aromatic N) is 1. The maximum Gasteiger partial charge on any atom is 0.160 e. The molecule has 0 amide bonds. The molecule has 0 fully saturated rings. The van der Waals surface area contributed by atoms with Gasteiger partial charge in [-0.15, -0.1) is 11.3 Å². The Kier molecular flexibility index (Phi) is 9.56. The number of benzene rings is 1. The van der Waals surface area contributed by atoms with Crippen molar-refractivity contribution >= 4 is 35.5 Å². The van der Waals surface area contributed by atoms with E-state index in [-0.39, 0.29) is 0 Å². The van der Waals surface area contributed by atoms with Crippen molar-refractivity contribution in [3.63, 3.8) is 0 Å². The van der Waals surface area contributed by atoms with E-state index < -0.39 is 0 Å². The third-order valence-corrected chi connectivity index (χ3v) is 5.53. The lowest BCUT2D eigenvalue weighted by atomic mass is 10.1. The molecular weight excluding hydrogens is 366 g/mol. The summed E-state index contributed by atoms with van der Waals surface area (Å²) in [6, 6.07) is 10.2. The highest BCUT2D eigenvalue weighted by atomic mass is 32.1. The largest absolute Gasteiger partial charge is 0.496 e. The summed E-state index contributed by atoms with van der Waals surface area (Å²) in [5, 5.41) is 0. The van der Waals surface area contributed by atoms with E-state index in [1.54, 1.807) is 7.11 Å². The van der Waals surface area contributed by atoms with Gasteiger partial charge in [0.15, 0.2) is 6.29 Å². The summed E-state index contributed by atoms with van der Waals surface area (Å²) in [4.78, 5) is 15.0. The molecule has 0 spiro atoms. The van der Waals surface area contributed by atoms with Crippen LogP contribution in [0.25, 0.3) is 12.2 Å². The summed E-state index contributed by atoms with van der Waals surface area (Å²) in [6.07, 6.45) is 13.7. The molecule has 0 N–H and O–H groups in total. The number of hydrogen-bond donors (Lipinski definition) is 0. The van der Waals surface area contributed by atoms with Gasteiger partial charge in [0.2, 0.25) is 0 Å². The van der Waals surface area contributed by atoms with Crippen LogP contribution in [0, 0.1) is 0 Å². The minimum Gasteiger partial charge on any atom is -0.496 e. The van der Waals surface area contributed by atoms with E-state index in [1.165, 1.54) is 42.7 Å². The lowest BCUT2D eigenvalue weighted by molar-refractivity contribution is 0.112. The van der Waals surface area contributed by atoms with Crippen LogP contribution in [-0.2, 0) is 0 Å². The fraction of sp³-hybridized carbons (Fsp3) is 0.375. The van der Waals surface area contributed by atoms with E-state index >= 15 is 0 Å². The van der Waals surface area contributed by atoms with Gasteiger partial charge in [0.1, 0.15) is 5.75 Å². The molecule has 1 aromatic carbocycles. The Morgan fingerprint density at radius 3 is 2.25 bits per heavy atom. The molecule has 0 radical (unpaired) electrons. The van der Waals surface area contributed by atoms with Crippen molar-refractivity contribution in [1.82, 2.24) is 0 Å². The molecular formula is C24H31NO2S. The molecule has 1 aromatic heterocycles. The zero-order valence-corrected chi connectivity index (χ0v) is 18.0. The van der Waals surface area contributed by atoms with Crippen molar-refractivity contribution in [3.8, 4) is 5.75 Å². The second-order valence-corrected chi connectivity index (χ2v) is 7.84. The molecule has 0 unspecified atom stereocenters. The fourth-order valence-corrected chi connectivity index (χ4v) is 3.67. The van der Waals surface area contributed by atoms with Crippen molar-refractivity contribution in [2.75, 3.05) is 25.1 Å². The van der Waals surface area contributed by atoms with Gasteiger partial charge in [0, 0.05) is 35.3 Å². The SMILES string of the molecule is CCCCN(CCCC)c1ccc(C=CC=Cc2ccc(C=O)s2)c(OC)c1. The van der Waals surface area contributed by atoms with Crippen molar-refractivity contribution < 1.29 is 9.53 Å². The lowest BCUT2D eigenvalue weighted by Crippen LogP contribution is -2.25. The van der Waals surface area contributed by atoms with Gasteiger partial charge < -0.3 is 9.64 Å². The predicted octanol–water partition coefficient (Wildman–Crippen LogP) is 6.70. The number of aldehydes is 1. The molecule has 0 saturated heterocycles. The van der Waals surface area contributed by atoms with Crippen LogP contribution in [0.15, 0.2) is 42.5 Å². The molecule has 2 aromatic rings. The number of anilines is 1. The van der Waals surface area contributed by atoms with E-state index in [1.807, 2.05) is 30.4 Å². The van der Waals surface area contributed by atoms with Crippen LogP contribution >= 0.6 is 11.3 Å². The van der Waals surface area contributed by atoms with E-state index in [4.69, 9.17) is 4.74 Å². The molecule has 1 heterocycles. The number of thiophene rings is 1. The molecule has 0 bridgehead atoms. The first-order chi connectivity index (χ1) is 13.7.